The van der Waals surface area contributed by atoms with E-state index in [1.807, 2.05) is 0 Å². The third-order valence-corrected chi connectivity index (χ3v) is 4.52. The summed E-state index contributed by atoms with van der Waals surface area (Å²) in [6, 6.07) is 4.18. The predicted molar refractivity (Wildman–Crippen MR) is 86.0 cm³/mol. The molecule has 0 radical (unpaired) electrons. The van der Waals surface area contributed by atoms with Crippen LogP contribution in [0.1, 0.15) is 30.4 Å². The van der Waals surface area contributed by atoms with E-state index in [-0.39, 0.29) is 0 Å². The van der Waals surface area contributed by atoms with Crippen molar-refractivity contribution in [3.63, 3.8) is 0 Å². The highest BCUT2D eigenvalue weighted by Crippen LogP contribution is 2.31. The zero-order valence-corrected chi connectivity index (χ0v) is 13.5. The summed E-state index contributed by atoms with van der Waals surface area (Å²) in [7, 11) is 3.37. The normalized spacial score (nSPS) is 17.0. The van der Waals surface area contributed by atoms with Crippen molar-refractivity contribution in [1.82, 2.24) is 4.90 Å². The van der Waals surface area contributed by atoms with Crippen LogP contribution in [0.3, 0.4) is 0 Å². The lowest BCUT2D eigenvalue weighted by Gasteiger charge is -2.32. The van der Waals surface area contributed by atoms with Crippen LogP contribution in [0.15, 0.2) is 12.1 Å². The maximum absolute atomic E-state index is 5.66. The fraction of sp³-hybridized carbons (Fsp3) is 0.647. The lowest BCUT2D eigenvalue weighted by molar-refractivity contribution is 0.173. The number of hydrogen-bond donors (Lipinski definition) is 1. The largest absolute Gasteiger partial charge is 0.493 e. The van der Waals surface area contributed by atoms with Crippen molar-refractivity contribution in [3.8, 4) is 11.5 Å². The zero-order chi connectivity index (χ0) is 15.2. The third-order valence-electron chi connectivity index (χ3n) is 4.52. The minimum absolute atomic E-state index is 0.806. The van der Waals surface area contributed by atoms with E-state index in [2.05, 4.69) is 24.0 Å². The van der Waals surface area contributed by atoms with E-state index in [0.717, 1.165) is 30.5 Å². The molecular weight excluding hydrogens is 264 g/mol. The molecule has 118 valence electrons. The van der Waals surface area contributed by atoms with E-state index in [1.165, 1.54) is 43.5 Å². The first-order valence-corrected chi connectivity index (χ1v) is 7.81. The lowest BCUT2D eigenvalue weighted by atomic mass is 9.93. The average Bonchev–Trinajstić information content (AvgIpc) is 2.51. The molecule has 0 aliphatic carbocycles. The van der Waals surface area contributed by atoms with Crippen molar-refractivity contribution in [2.24, 2.45) is 11.7 Å². The maximum atomic E-state index is 5.66. The summed E-state index contributed by atoms with van der Waals surface area (Å²) in [6.45, 7) is 6.27. The van der Waals surface area contributed by atoms with Gasteiger partial charge < -0.3 is 15.2 Å². The Kier molecular flexibility index (Phi) is 5.88. The monoisotopic (exact) mass is 292 g/mol. The molecule has 2 N–H and O–H groups in total. The molecule has 1 aromatic rings. The van der Waals surface area contributed by atoms with Crippen LogP contribution < -0.4 is 15.2 Å². The first-order valence-electron chi connectivity index (χ1n) is 7.81. The molecule has 1 heterocycles. The van der Waals surface area contributed by atoms with Gasteiger partial charge in [0.25, 0.3) is 0 Å². The molecule has 0 spiro atoms. The van der Waals surface area contributed by atoms with Crippen LogP contribution in [0.25, 0.3) is 0 Å². The fourth-order valence-electron chi connectivity index (χ4n) is 3.10. The van der Waals surface area contributed by atoms with Gasteiger partial charge in [0, 0.05) is 6.54 Å². The highest BCUT2D eigenvalue weighted by molar-refractivity contribution is 5.47. The molecule has 0 amide bonds. The van der Waals surface area contributed by atoms with Gasteiger partial charge in [0.2, 0.25) is 0 Å². The average molecular weight is 292 g/mol. The Morgan fingerprint density at radius 1 is 1.14 bits per heavy atom. The van der Waals surface area contributed by atoms with E-state index in [4.69, 9.17) is 15.2 Å². The number of benzene rings is 1. The molecule has 1 saturated heterocycles. The van der Waals surface area contributed by atoms with Gasteiger partial charge in [-0.2, -0.15) is 0 Å². The molecule has 21 heavy (non-hydrogen) atoms. The standard InChI is InChI=1S/C17H28N2O2/c1-13-10-16(20-2)17(21-3)11-15(13)12-19-8-5-14(4-7-18)6-9-19/h10-11,14H,4-9,12,18H2,1-3H3. The molecule has 1 aromatic carbocycles. The van der Waals surface area contributed by atoms with Gasteiger partial charge in [0.15, 0.2) is 11.5 Å². The van der Waals surface area contributed by atoms with Gasteiger partial charge in [-0.3, -0.25) is 4.90 Å². The van der Waals surface area contributed by atoms with Crippen LogP contribution in [0.2, 0.25) is 0 Å². The van der Waals surface area contributed by atoms with E-state index in [0.29, 0.717) is 0 Å². The maximum Gasteiger partial charge on any atom is 0.161 e. The molecular formula is C17H28N2O2. The highest BCUT2D eigenvalue weighted by Gasteiger charge is 2.19. The Morgan fingerprint density at radius 3 is 2.33 bits per heavy atom. The fourth-order valence-corrected chi connectivity index (χ4v) is 3.10. The van der Waals surface area contributed by atoms with Gasteiger partial charge in [0.05, 0.1) is 14.2 Å². The molecule has 0 saturated carbocycles. The molecule has 1 aliphatic heterocycles. The summed E-state index contributed by atoms with van der Waals surface area (Å²) in [4.78, 5) is 2.53. The van der Waals surface area contributed by atoms with E-state index in [9.17, 15) is 0 Å². The molecule has 1 fully saturated rings. The number of likely N-dealkylation sites (tertiary alicyclic amines) is 1. The number of piperidine rings is 1. The van der Waals surface area contributed by atoms with Crippen molar-refractivity contribution in [1.29, 1.82) is 0 Å². The summed E-state index contributed by atoms with van der Waals surface area (Å²) in [5.41, 5.74) is 8.24. The molecule has 1 aliphatic rings. The van der Waals surface area contributed by atoms with Crippen LogP contribution >= 0.6 is 0 Å². The van der Waals surface area contributed by atoms with Crippen molar-refractivity contribution >= 4 is 0 Å². The van der Waals surface area contributed by atoms with Crippen molar-refractivity contribution in [2.45, 2.75) is 32.7 Å². The van der Waals surface area contributed by atoms with Crippen LogP contribution in [-0.2, 0) is 6.54 Å². The molecule has 0 atom stereocenters. The number of aryl methyl sites for hydroxylation is 1. The summed E-state index contributed by atoms with van der Waals surface area (Å²) in [6.07, 6.45) is 3.70. The quantitative estimate of drug-likeness (QED) is 0.875. The Balaban J connectivity index is 2.00. The molecule has 2 rings (SSSR count). The van der Waals surface area contributed by atoms with Crippen molar-refractivity contribution < 1.29 is 9.47 Å². The summed E-state index contributed by atoms with van der Waals surface area (Å²) in [5, 5.41) is 0. The topological polar surface area (TPSA) is 47.7 Å². The van der Waals surface area contributed by atoms with E-state index in [1.54, 1.807) is 14.2 Å². The molecule has 0 aromatic heterocycles. The van der Waals surface area contributed by atoms with E-state index < -0.39 is 0 Å². The Bertz CT molecular complexity index is 454. The summed E-state index contributed by atoms with van der Waals surface area (Å²) < 4.78 is 10.8. The molecule has 0 unspecified atom stereocenters. The highest BCUT2D eigenvalue weighted by atomic mass is 16.5. The van der Waals surface area contributed by atoms with Crippen molar-refractivity contribution in [2.75, 3.05) is 33.9 Å². The number of nitrogens with two attached hydrogens (primary N) is 1. The Morgan fingerprint density at radius 2 is 1.76 bits per heavy atom. The number of rotatable bonds is 6. The molecule has 0 bridgehead atoms. The van der Waals surface area contributed by atoms with Gasteiger partial charge in [-0.05, 0) is 75.0 Å². The number of ether oxygens (including phenoxy) is 2. The van der Waals surface area contributed by atoms with E-state index >= 15 is 0 Å². The second-order valence-corrected chi connectivity index (χ2v) is 5.93. The van der Waals surface area contributed by atoms with Gasteiger partial charge in [-0.25, -0.2) is 0 Å². The third kappa shape index (κ3) is 4.11. The predicted octanol–water partition coefficient (Wildman–Crippen LogP) is 2.57. The number of hydrogen-bond acceptors (Lipinski definition) is 4. The lowest BCUT2D eigenvalue weighted by Crippen LogP contribution is -2.34. The first-order chi connectivity index (χ1) is 10.2. The zero-order valence-electron chi connectivity index (χ0n) is 13.5. The number of methoxy groups -OCH3 is 2. The minimum atomic E-state index is 0.806. The minimum Gasteiger partial charge on any atom is -0.493 e. The first kappa shape index (κ1) is 16.1. The van der Waals surface area contributed by atoms with Gasteiger partial charge in [-0.15, -0.1) is 0 Å². The smallest absolute Gasteiger partial charge is 0.161 e. The van der Waals surface area contributed by atoms with Crippen LogP contribution in [0.5, 0.6) is 11.5 Å². The SMILES string of the molecule is COc1cc(C)c(CN2CCC(CCN)CC2)cc1OC. The van der Waals surface area contributed by atoms with Crippen LogP contribution in [0, 0.1) is 12.8 Å². The second-order valence-electron chi connectivity index (χ2n) is 5.93. The van der Waals surface area contributed by atoms with Gasteiger partial charge in [0.1, 0.15) is 0 Å². The Hall–Kier alpha value is -1.26. The van der Waals surface area contributed by atoms with Crippen LogP contribution in [-0.4, -0.2) is 38.8 Å². The van der Waals surface area contributed by atoms with Crippen LogP contribution in [0.4, 0.5) is 0 Å². The molecule has 4 heteroatoms. The Labute approximate surface area is 128 Å². The summed E-state index contributed by atoms with van der Waals surface area (Å²) in [5.74, 6) is 2.44. The van der Waals surface area contributed by atoms with Gasteiger partial charge >= 0.3 is 0 Å². The summed E-state index contributed by atoms with van der Waals surface area (Å²) >= 11 is 0. The number of nitrogens with zero attached hydrogens (tertiary/aromatic N) is 1. The van der Waals surface area contributed by atoms with Gasteiger partial charge in [-0.1, -0.05) is 0 Å². The van der Waals surface area contributed by atoms with Crippen molar-refractivity contribution in [3.05, 3.63) is 23.3 Å². The second kappa shape index (κ2) is 7.66. The molecule has 4 nitrogen and oxygen atoms in total.